The summed E-state index contributed by atoms with van der Waals surface area (Å²) in [6.07, 6.45) is 0. The Morgan fingerprint density at radius 1 is 1.00 bits per heavy atom. The highest BCUT2D eigenvalue weighted by Crippen LogP contribution is 2.31. The molecule has 2 amide bonds. The molecule has 1 heterocycles. The smallest absolute Gasteiger partial charge is 0.308 e. The topological polar surface area (TPSA) is 54.0 Å². The van der Waals surface area contributed by atoms with Crippen LogP contribution in [-0.4, -0.2) is 11.0 Å². The summed E-state index contributed by atoms with van der Waals surface area (Å²) in [7, 11) is 0. The van der Waals surface area contributed by atoms with E-state index in [0.717, 1.165) is 16.1 Å². The third-order valence-electron chi connectivity index (χ3n) is 4.06. The Labute approximate surface area is 165 Å². The molecule has 0 bridgehead atoms. The lowest BCUT2D eigenvalue weighted by molar-refractivity contribution is 0.262. The summed E-state index contributed by atoms with van der Waals surface area (Å²) in [5, 5.41) is 7.00. The first-order valence-corrected chi connectivity index (χ1v) is 9.58. The van der Waals surface area contributed by atoms with Crippen molar-refractivity contribution in [2.45, 2.75) is 6.92 Å². The van der Waals surface area contributed by atoms with E-state index in [9.17, 15) is 4.79 Å². The Hall–Kier alpha value is -2.89. The van der Waals surface area contributed by atoms with Gasteiger partial charge in [0.15, 0.2) is 0 Å². The molecule has 4 rings (SSSR count). The van der Waals surface area contributed by atoms with E-state index in [0.29, 0.717) is 16.4 Å². The van der Waals surface area contributed by atoms with E-state index in [1.807, 2.05) is 42.5 Å². The van der Waals surface area contributed by atoms with Crippen LogP contribution in [0.1, 0.15) is 5.56 Å². The van der Waals surface area contributed by atoms with Crippen molar-refractivity contribution in [2.24, 2.45) is 0 Å². The number of hydrogen-bond donors (Lipinski definition) is 2. The van der Waals surface area contributed by atoms with Gasteiger partial charge in [-0.15, -0.1) is 11.3 Å². The average Bonchev–Trinajstić information content (AvgIpc) is 3.07. The zero-order valence-corrected chi connectivity index (χ0v) is 16.1. The molecule has 6 heteroatoms. The lowest BCUT2D eigenvalue weighted by Gasteiger charge is -2.09. The van der Waals surface area contributed by atoms with Gasteiger partial charge in [0, 0.05) is 11.3 Å². The first kappa shape index (κ1) is 17.5. The van der Waals surface area contributed by atoms with Gasteiger partial charge in [0.05, 0.1) is 20.9 Å². The molecular formula is C21H16ClN3OS. The van der Waals surface area contributed by atoms with Crippen LogP contribution in [0.5, 0.6) is 0 Å². The van der Waals surface area contributed by atoms with E-state index >= 15 is 0 Å². The van der Waals surface area contributed by atoms with Crippen molar-refractivity contribution < 1.29 is 4.79 Å². The molecule has 2 N–H and O–H groups in total. The van der Waals surface area contributed by atoms with Gasteiger partial charge in [-0.2, -0.15) is 0 Å². The van der Waals surface area contributed by atoms with Crippen molar-refractivity contribution in [2.75, 3.05) is 10.6 Å². The van der Waals surface area contributed by atoms with Crippen LogP contribution in [0, 0.1) is 6.92 Å². The molecule has 0 fully saturated rings. The molecule has 0 aliphatic carbocycles. The van der Waals surface area contributed by atoms with Crippen LogP contribution in [0.4, 0.5) is 16.2 Å². The van der Waals surface area contributed by atoms with Crippen molar-refractivity contribution in [1.82, 2.24) is 4.98 Å². The summed E-state index contributed by atoms with van der Waals surface area (Å²) in [5.41, 5.74) is 4.51. The van der Waals surface area contributed by atoms with Gasteiger partial charge in [0.25, 0.3) is 0 Å². The second kappa shape index (κ2) is 7.39. The number of urea groups is 1. The van der Waals surface area contributed by atoms with Crippen LogP contribution in [0.15, 0.2) is 66.7 Å². The SMILES string of the molecule is Cc1ccc2nc(-c3ccc(NC(=O)Nc4ccccc4Cl)cc3)sc2c1. The van der Waals surface area contributed by atoms with Crippen molar-refractivity contribution in [3.8, 4) is 10.6 Å². The Morgan fingerprint density at radius 3 is 2.56 bits per heavy atom. The lowest BCUT2D eigenvalue weighted by atomic mass is 10.2. The van der Waals surface area contributed by atoms with Crippen LogP contribution in [0.3, 0.4) is 0 Å². The lowest BCUT2D eigenvalue weighted by Crippen LogP contribution is -2.19. The number of hydrogen-bond acceptors (Lipinski definition) is 3. The van der Waals surface area contributed by atoms with E-state index in [-0.39, 0.29) is 6.03 Å². The molecule has 4 nitrogen and oxygen atoms in total. The molecule has 0 radical (unpaired) electrons. The van der Waals surface area contributed by atoms with Gasteiger partial charge in [-0.25, -0.2) is 9.78 Å². The minimum atomic E-state index is -0.341. The number of carbonyl (C=O) groups is 1. The van der Waals surface area contributed by atoms with Crippen LogP contribution in [0.2, 0.25) is 5.02 Å². The van der Waals surface area contributed by atoms with Crippen molar-refractivity contribution >= 4 is 50.6 Å². The number of aromatic nitrogens is 1. The van der Waals surface area contributed by atoms with E-state index in [1.165, 1.54) is 10.3 Å². The van der Waals surface area contributed by atoms with Gasteiger partial charge in [-0.1, -0.05) is 29.8 Å². The molecule has 3 aromatic carbocycles. The second-order valence-corrected chi connectivity index (χ2v) is 7.56. The molecule has 0 aliphatic rings. The van der Waals surface area contributed by atoms with Crippen LogP contribution < -0.4 is 10.6 Å². The number of nitrogens with zero attached hydrogens (tertiary/aromatic N) is 1. The first-order valence-electron chi connectivity index (χ1n) is 8.39. The van der Waals surface area contributed by atoms with Crippen LogP contribution in [0.25, 0.3) is 20.8 Å². The maximum absolute atomic E-state index is 12.1. The van der Waals surface area contributed by atoms with Crippen molar-refractivity contribution in [3.63, 3.8) is 0 Å². The predicted molar refractivity (Wildman–Crippen MR) is 114 cm³/mol. The third-order valence-corrected chi connectivity index (χ3v) is 5.45. The number of amides is 2. The molecule has 134 valence electrons. The fourth-order valence-electron chi connectivity index (χ4n) is 2.70. The minimum absolute atomic E-state index is 0.341. The fourth-order valence-corrected chi connectivity index (χ4v) is 3.95. The van der Waals surface area contributed by atoms with E-state index < -0.39 is 0 Å². The number of fused-ring (bicyclic) bond motifs is 1. The highest BCUT2D eigenvalue weighted by molar-refractivity contribution is 7.21. The number of thiazole rings is 1. The molecule has 0 unspecified atom stereocenters. The number of anilines is 2. The number of carbonyl (C=O) groups excluding carboxylic acids is 1. The number of benzene rings is 3. The summed E-state index contributed by atoms with van der Waals surface area (Å²) in [6, 6.07) is 20.6. The molecule has 0 spiro atoms. The fraction of sp³-hybridized carbons (Fsp3) is 0.0476. The monoisotopic (exact) mass is 393 g/mol. The maximum Gasteiger partial charge on any atom is 0.323 e. The molecule has 27 heavy (non-hydrogen) atoms. The summed E-state index contributed by atoms with van der Waals surface area (Å²) in [5.74, 6) is 0. The normalized spacial score (nSPS) is 10.7. The standard InChI is InChI=1S/C21H16ClN3OS/c1-13-6-11-18-19(12-13)27-20(24-18)14-7-9-15(10-8-14)23-21(26)25-17-5-3-2-4-16(17)22/h2-12H,1H3,(H2,23,25,26). The van der Waals surface area contributed by atoms with Gasteiger partial charge < -0.3 is 10.6 Å². The summed E-state index contributed by atoms with van der Waals surface area (Å²) in [6.45, 7) is 2.08. The highest BCUT2D eigenvalue weighted by atomic mass is 35.5. The number of nitrogens with one attached hydrogen (secondary N) is 2. The molecule has 1 aromatic heterocycles. The first-order chi connectivity index (χ1) is 13.1. The van der Waals surface area contributed by atoms with Crippen LogP contribution in [-0.2, 0) is 0 Å². The summed E-state index contributed by atoms with van der Waals surface area (Å²) < 4.78 is 1.17. The van der Waals surface area contributed by atoms with Gasteiger partial charge in [0.2, 0.25) is 0 Å². The largest absolute Gasteiger partial charge is 0.323 e. The molecule has 0 aliphatic heterocycles. The van der Waals surface area contributed by atoms with Crippen LogP contribution >= 0.6 is 22.9 Å². The predicted octanol–water partition coefficient (Wildman–Crippen LogP) is 6.57. The Morgan fingerprint density at radius 2 is 1.78 bits per heavy atom. The number of halogens is 1. The molecule has 4 aromatic rings. The summed E-state index contributed by atoms with van der Waals surface area (Å²) in [4.78, 5) is 16.8. The zero-order valence-electron chi connectivity index (χ0n) is 14.5. The Balaban J connectivity index is 1.48. The quantitative estimate of drug-likeness (QED) is 0.413. The second-order valence-electron chi connectivity index (χ2n) is 6.13. The third kappa shape index (κ3) is 3.94. The molecule has 0 saturated carbocycles. The molecular weight excluding hydrogens is 378 g/mol. The van der Waals surface area contributed by atoms with E-state index in [4.69, 9.17) is 11.6 Å². The van der Waals surface area contributed by atoms with Gasteiger partial charge in [-0.05, 0) is 61.0 Å². The average molecular weight is 394 g/mol. The van der Waals surface area contributed by atoms with Gasteiger partial charge in [-0.3, -0.25) is 0 Å². The molecule has 0 saturated heterocycles. The zero-order chi connectivity index (χ0) is 18.8. The number of rotatable bonds is 3. The van der Waals surface area contributed by atoms with Gasteiger partial charge >= 0.3 is 6.03 Å². The highest BCUT2D eigenvalue weighted by Gasteiger charge is 2.08. The Bertz CT molecular complexity index is 1120. The van der Waals surface area contributed by atoms with E-state index in [1.54, 1.807) is 23.5 Å². The minimum Gasteiger partial charge on any atom is -0.308 e. The Kier molecular flexibility index (Phi) is 4.79. The summed E-state index contributed by atoms with van der Waals surface area (Å²) >= 11 is 7.72. The number of aryl methyl sites for hydroxylation is 1. The van der Waals surface area contributed by atoms with Gasteiger partial charge in [0.1, 0.15) is 5.01 Å². The van der Waals surface area contributed by atoms with Crippen molar-refractivity contribution in [1.29, 1.82) is 0 Å². The number of para-hydroxylation sites is 1. The maximum atomic E-state index is 12.1. The molecule has 0 atom stereocenters. The van der Waals surface area contributed by atoms with E-state index in [2.05, 4.69) is 34.7 Å². The van der Waals surface area contributed by atoms with Crippen molar-refractivity contribution in [3.05, 3.63) is 77.3 Å².